The molecule has 6 heteroatoms. The summed E-state index contributed by atoms with van der Waals surface area (Å²) < 4.78 is 28.4. The van der Waals surface area contributed by atoms with E-state index in [0.717, 1.165) is 11.3 Å². The normalized spacial score (nSPS) is 15.5. The van der Waals surface area contributed by atoms with Crippen LogP contribution in [0.3, 0.4) is 0 Å². The maximum absolute atomic E-state index is 12.0. The van der Waals surface area contributed by atoms with Gasteiger partial charge < -0.3 is 0 Å². The molecule has 0 saturated heterocycles. The molecule has 1 saturated carbocycles. The third-order valence-corrected chi connectivity index (χ3v) is 4.70. The summed E-state index contributed by atoms with van der Waals surface area (Å²) in [6.07, 6.45) is 3.98. The van der Waals surface area contributed by atoms with E-state index in [1.165, 1.54) is 23.9 Å². The standard InChI is InChI=1S/C16H19N3O2S/c1-19-16(14-7-8-14)11-15(18-19)12-17-22(20,21)10-9-13-5-3-2-4-6-13/h2-6,9-11,14,17H,7-8,12H2,1H3. The first kappa shape index (κ1) is 15.0. The van der Waals surface area contributed by atoms with Crippen LogP contribution in [0.1, 0.15) is 35.7 Å². The van der Waals surface area contributed by atoms with Crippen LogP contribution in [0.25, 0.3) is 6.08 Å². The van der Waals surface area contributed by atoms with Crippen LogP contribution in [0.15, 0.2) is 41.8 Å². The molecule has 22 heavy (non-hydrogen) atoms. The van der Waals surface area contributed by atoms with E-state index >= 15 is 0 Å². The van der Waals surface area contributed by atoms with E-state index in [9.17, 15) is 8.42 Å². The second-order valence-corrected chi connectivity index (χ2v) is 7.19. The topological polar surface area (TPSA) is 64.0 Å². The Morgan fingerprint density at radius 2 is 2.05 bits per heavy atom. The molecule has 0 radical (unpaired) electrons. The quantitative estimate of drug-likeness (QED) is 0.890. The van der Waals surface area contributed by atoms with Gasteiger partial charge in [0.2, 0.25) is 10.0 Å². The Labute approximate surface area is 130 Å². The summed E-state index contributed by atoms with van der Waals surface area (Å²) in [4.78, 5) is 0. The Kier molecular flexibility index (Phi) is 4.13. The Hall–Kier alpha value is -1.92. The number of sulfonamides is 1. The van der Waals surface area contributed by atoms with Gasteiger partial charge >= 0.3 is 0 Å². The predicted octanol–water partition coefficient (Wildman–Crippen LogP) is 2.39. The molecule has 5 nitrogen and oxygen atoms in total. The predicted molar refractivity (Wildman–Crippen MR) is 86.4 cm³/mol. The van der Waals surface area contributed by atoms with Crippen molar-refractivity contribution in [2.24, 2.45) is 7.05 Å². The van der Waals surface area contributed by atoms with Crippen LogP contribution >= 0.6 is 0 Å². The summed E-state index contributed by atoms with van der Waals surface area (Å²) in [6.45, 7) is 0.210. The molecule has 0 amide bonds. The SMILES string of the molecule is Cn1nc(CNS(=O)(=O)C=Cc2ccccc2)cc1C1CC1. The van der Waals surface area contributed by atoms with E-state index in [2.05, 4.69) is 9.82 Å². The highest BCUT2D eigenvalue weighted by molar-refractivity contribution is 7.92. The van der Waals surface area contributed by atoms with Gasteiger partial charge in [0.1, 0.15) is 0 Å². The van der Waals surface area contributed by atoms with Gasteiger partial charge in [0.25, 0.3) is 0 Å². The molecule has 116 valence electrons. The van der Waals surface area contributed by atoms with Crippen LogP contribution < -0.4 is 4.72 Å². The highest BCUT2D eigenvalue weighted by Crippen LogP contribution is 2.39. The lowest BCUT2D eigenvalue weighted by Gasteiger charge is -2.00. The molecule has 1 N–H and O–H groups in total. The Balaban J connectivity index is 1.62. The fourth-order valence-electron chi connectivity index (χ4n) is 2.35. The van der Waals surface area contributed by atoms with Gasteiger partial charge in [-0.2, -0.15) is 5.10 Å². The highest BCUT2D eigenvalue weighted by atomic mass is 32.2. The molecule has 1 aliphatic carbocycles. The number of nitrogens with one attached hydrogen (secondary N) is 1. The minimum atomic E-state index is -3.47. The smallest absolute Gasteiger partial charge is 0.234 e. The Morgan fingerprint density at radius 3 is 2.73 bits per heavy atom. The minimum absolute atomic E-state index is 0.210. The van der Waals surface area contributed by atoms with Crippen LogP contribution in [0.4, 0.5) is 0 Å². The van der Waals surface area contributed by atoms with Crippen LogP contribution in [0.5, 0.6) is 0 Å². The van der Waals surface area contributed by atoms with E-state index in [1.807, 2.05) is 48.1 Å². The maximum Gasteiger partial charge on any atom is 0.234 e. The molecular formula is C16H19N3O2S. The van der Waals surface area contributed by atoms with Gasteiger partial charge in [-0.25, -0.2) is 13.1 Å². The van der Waals surface area contributed by atoms with Gasteiger partial charge in [0.05, 0.1) is 12.2 Å². The summed E-state index contributed by atoms with van der Waals surface area (Å²) in [5.41, 5.74) is 2.79. The first-order chi connectivity index (χ1) is 10.5. The van der Waals surface area contributed by atoms with Crippen molar-refractivity contribution in [2.75, 3.05) is 0 Å². The maximum atomic E-state index is 12.0. The van der Waals surface area contributed by atoms with Crippen molar-refractivity contribution in [1.82, 2.24) is 14.5 Å². The van der Waals surface area contributed by atoms with Crippen molar-refractivity contribution < 1.29 is 8.42 Å². The van der Waals surface area contributed by atoms with Gasteiger partial charge in [0.15, 0.2) is 0 Å². The molecule has 1 fully saturated rings. The Bertz CT molecular complexity index is 775. The number of hydrogen-bond donors (Lipinski definition) is 1. The highest BCUT2D eigenvalue weighted by Gasteiger charge is 2.27. The average Bonchev–Trinajstić information content (AvgIpc) is 3.28. The summed E-state index contributed by atoms with van der Waals surface area (Å²) in [5, 5.41) is 5.55. The van der Waals surface area contributed by atoms with Crippen LogP contribution in [-0.2, 0) is 23.6 Å². The van der Waals surface area contributed by atoms with Crippen molar-refractivity contribution in [3.05, 3.63) is 58.8 Å². The van der Waals surface area contributed by atoms with Crippen LogP contribution in [0.2, 0.25) is 0 Å². The molecule has 1 aliphatic rings. The van der Waals surface area contributed by atoms with Crippen LogP contribution in [0, 0.1) is 0 Å². The fraction of sp³-hybridized carbons (Fsp3) is 0.312. The zero-order valence-corrected chi connectivity index (χ0v) is 13.3. The third kappa shape index (κ3) is 3.84. The van der Waals surface area contributed by atoms with Gasteiger partial charge in [-0.05, 0) is 30.5 Å². The summed E-state index contributed by atoms with van der Waals surface area (Å²) in [6, 6.07) is 11.3. The van der Waals surface area contributed by atoms with E-state index < -0.39 is 10.0 Å². The second-order valence-electron chi connectivity index (χ2n) is 5.54. The number of aromatic nitrogens is 2. The van der Waals surface area contributed by atoms with Crippen LogP contribution in [-0.4, -0.2) is 18.2 Å². The van der Waals surface area contributed by atoms with E-state index in [1.54, 1.807) is 6.08 Å². The number of benzene rings is 1. The Morgan fingerprint density at radius 1 is 1.32 bits per heavy atom. The van der Waals surface area contributed by atoms with Crippen molar-refractivity contribution in [2.45, 2.75) is 25.3 Å². The first-order valence-electron chi connectivity index (χ1n) is 7.29. The molecular weight excluding hydrogens is 298 g/mol. The zero-order valence-electron chi connectivity index (χ0n) is 12.4. The summed E-state index contributed by atoms with van der Waals surface area (Å²) >= 11 is 0. The molecule has 1 aromatic heterocycles. The number of aryl methyl sites for hydroxylation is 1. The van der Waals surface area contributed by atoms with E-state index in [4.69, 9.17) is 0 Å². The summed E-state index contributed by atoms with van der Waals surface area (Å²) in [5.74, 6) is 0.598. The largest absolute Gasteiger partial charge is 0.272 e. The van der Waals surface area contributed by atoms with E-state index in [0.29, 0.717) is 5.92 Å². The fourth-order valence-corrected chi connectivity index (χ4v) is 3.13. The third-order valence-electron chi connectivity index (χ3n) is 3.66. The molecule has 0 aliphatic heterocycles. The first-order valence-corrected chi connectivity index (χ1v) is 8.84. The van der Waals surface area contributed by atoms with Gasteiger partial charge in [-0.1, -0.05) is 30.3 Å². The van der Waals surface area contributed by atoms with Crippen molar-refractivity contribution in [3.8, 4) is 0 Å². The second kappa shape index (κ2) is 6.06. The van der Waals surface area contributed by atoms with E-state index in [-0.39, 0.29) is 6.54 Å². The molecule has 2 aromatic rings. The zero-order chi connectivity index (χ0) is 15.6. The van der Waals surface area contributed by atoms with Crippen molar-refractivity contribution >= 4 is 16.1 Å². The molecule has 0 bridgehead atoms. The monoisotopic (exact) mass is 317 g/mol. The average molecular weight is 317 g/mol. The van der Waals surface area contributed by atoms with Gasteiger partial charge in [-0.3, -0.25) is 4.68 Å². The molecule has 3 rings (SSSR count). The van der Waals surface area contributed by atoms with Crippen molar-refractivity contribution in [1.29, 1.82) is 0 Å². The van der Waals surface area contributed by atoms with Crippen molar-refractivity contribution in [3.63, 3.8) is 0 Å². The summed E-state index contributed by atoms with van der Waals surface area (Å²) in [7, 11) is -1.56. The molecule has 0 atom stereocenters. The lowest BCUT2D eigenvalue weighted by atomic mass is 10.2. The molecule has 0 unspecified atom stereocenters. The number of rotatable bonds is 6. The molecule has 1 heterocycles. The lowest BCUT2D eigenvalue weighted by Crippen LogP contribution is -2.20. The molecule has 1 aromatic carbocycles. The molecule has 0 spiro atoms. The van der Waals surface area contributed by atoms with Gasteiger partial charge in [0, 0.05) is 24.1 Å². The number of nitrogens with zero attached hydrogens (tertiary/aromatic N) is 2. The minimum Gasteiger partial charge on any atom is -0.272 e. The number of hydrogen-bond acceptors (Lipinski definition) is 3. The van der Waals surface area contributed by atoms with Gasteiger partial charge in [-0.15, -0.1) is 0 Å². The lowest BCUT2D eigenvalue weighted by molar-refractivity contribution is 0.588.